The lowest BCUT2D eigenvalue weighted by Gasteiger charge is -2.19. The van der Waals surface area contributed by atoms with E-state index < -0.39 is 24.0 Å². The molecule has 2 atom stereocenters. The Morgan fingerprint density at radius 2 is 1.71 bits per heavy atom. The zero-order valence-electron chi connectivity index (χ0n) is 19.5. The van der Waals surface area contributed by atoms with Crippen LogP contribution in [0.2, 0.25) is 0 Å². The van der Waals surface area contributed by atoms with E-state index in [1.165, 1.54) is 16.7 Å². The number of aromatic nitrogens is 1. The lowest BCUT2D eigenvalue weighted by atomic mass is 9.98. The van der Waals surface area contributed by atoms with Gasteiger partial charge in [0.15, 0.2) is 5.69 Å². The SMILES string of the molecule is CCC(CNC(=O)OCC1c2ccccc2-c2ccccc21)C(=O)NC(C)c1nc(C(=O)O)cs1. The van der Waals surface area contributed by atoms with E-state index in [2.05, 4.69) is 39.9 Å². The molecule has 0 saturated heterocycles. The number of nitrogens with zero attached hydrogens (tertiary/aromatic N) is 1. The highest BCUT2D eigenvalue weighted by Crippen LogP contribution is 2.44. The van der Waals surface area contributed by atoms with Crippen LogP contribution in [0.5, 0.6) is 0 Å². The molecule has 3 N–H and O–H groups in total. The van der Waals surface area contributed by atoms with Crippen LogP contribution in [0.4, 0.5) is 4.79 Å². The number of carboxylic acids is 1. The van der Waals surface area contributed by atoms with Crippen molar-refractivity contribution < 1.29 is 24.2 Å². The minimum Gasteiger partial charge on any atom is -0.476 e. The number of aromatic carboxylic acids is 1. The molecule has 4 rings (SSSR count). The Hall–Kier alpha value is -3.72. The second-order valence-electron chi connectivity index (χ2n) is 8.42. The molecule has 8 nitrogen and oxygen atoms in total. The minimum absolute atomic E-state index is 0.0340. The highest BCUT2D eigenvalue weighted by atomic mass is 32.1. The summed E-state index contributed by atoms with van der Waals surface area (Å²) in [4.78, 5) is 40.2. The maximum absolute atomic E-state index is 12.7. The fourth-order valence-corrected chi connectivity index (χ4v) is 5.06. The van der Waals surface area contributed by atoms with Gasteiger partial charge in [-0.1, -0.05) is 55.5 Å². The zero-order chi connectivity index (χ0) is 24.9. The molecule has 0 saturated carbocycles. The first-order valence-corrected chi connectivity index (χ1v) is 12.3. The first-order chi connectivity index (χ1) is 16.9. The summed E-state index contributed by atoms with van der Waals surface area (Å²) in [5.74, 6) is -1.85. The third kappa shape index (κ3) is 5.35. The second kappa shape index (κ2) is 10.7. The van der Waals surface area contributed by atoms with Crippen LogP contribution in [0.3, 0.4) is 0 Å². The Bertz CT molecular complexity index is 1200. The van der Waals surface area contributed by atoms with E-state index in [9.17, 15) is 14.4 Å². The number of fused-ring (bicyclic) bond motifs is 3. The second-order valence-corrected chi connectivity index (χ2v) is 9.31. The number of rotatable bonds is 9. The molecule has 2 unspecified atom stereocenters. The lowest BCUT2D eigenvalue weighted by molar-refractivity contribution is -0.125. The number of carboxylic acid groups (broad SMARTS) is 1. The van der Waals surface area contributed by atoms with Crippen LogP contribution < -0.4 is 10.6 Å². The number of hydrogen-bond donors (Lipinski definition) is 3. The van der Waals surface area contributed by atoms with Crippen LogP contribution in [0, 0.1) is 5.92 Å². The fourth-order valence-electron chi connectivity index (χ4n) is 4.26. The molecule has 182 valence electrons. The van der Waals surface area contributed by atoms with E-state index in [0.29, 0.717) is 11.4 Å². The summed E-state index contributed by atoms with van der Waals surface area (Å²) in [5, 5.41) is 16.5. The smallest absolute Gasteiger partial charge is 0.407 e. The maximum Gasteiger partial charge on any atom is 0.407 e. The molecule has 0 radical (unpaired) electrons. The summed E-state index contributed by atoms with van der Waals surface area (Å²) in [6, 6.07) is 15.8. The van der Waals surface area contributed by atoms with Gasteiger partial charge in [0.1, 0.15) is 11.6 Å². The van der Waals surface area contributed by atoms with Crippen LogP contribution in [-0.2, 0) is 9.53 Å². The number of ether oxygens (including phenoxy) is 1. The molecule has 1 aliphatic rings. The van der Waals surface area contributed by atoms with Crippen LogP contribution >= 0.6 is 11.3 Å². The van der Waals surface area contributed by atoms with Gasteiger partial charge in [0, 0.05) is 17.8 Å². The molecule has 1 aliphatic carbocycles. The van der Waals surface area contributed by atoms with Crippen molar-refractivity contribution >= 4 is 29.3 Å². The number of thiazole rings is 1. The van der Waals surface area contributed by atoms with E-state index in [4.69, 9.17) is 9.84 Å². The number of nitrogens with one attached hydrogen (secondary N) is 2. The molecule has 9 heteroatoms. The van der Waals surface area contributed by atoms with Crippen molar-refractivity contribution in [3.05, 3.63) is 75.7 Å². The molecule has 3 aromatic rings. The molecule has 0 fully saturated rings. The van der Waals surface area contributed by atoms with Gasteiger partial charge in [-0.25, -0.2) is 14.6 Å². The molecule has 0 bridgehead atoms. The van der Waals surface area contributed by atoms with Crippen molar-refractivity contribution in [3.8, 4) is 11.1 Å². The molecule has 0 aliphatic heterocycles. The quantitative estimate of drug-likeness (QED) is 0.402. The third-order valence-corrected chi connectivity index (χ3v) is 7.20. The molecule has 1 heterocycles. The van der Waals surface area contributed by atoms with E-state index in [1.807, 2.05) is 31.2 Å². The van der Waals surface area contributed by atoms with E-state index in [-0.39, 0.29) is 30.7 Å². The molecule has 1 aromatic heterocycles. The number of carbonyl (C=O) groups excluding carboxylic acids is 2. The Morgan fingerprint density at radius 3 is 2.29 bits per heavy atom. The summed E-state index contributed by atoms with van der Waals surface area (Å²) >= 11 is 1.18. The van der Waals surface area contributed by atoms with Crippen LogP contribution in [0.1, 0.15) is 58.9 Å². The molecule has 35 heavy (non-hydrogen) atoms. The molecule has 2 aromatic carbocycles. The number of benzene rings is 2. The van der Waals surface area contributed by atoms with Crippen molar-refractivity contribution in [2.24, 2.45) is 5.92 Å². The van der Waals surface area contributed by atoms with Crippen molar-refractivity contribution in [1.29, 1.82) is 0 Å². The van der Waals surface area contributed by atoms with E-state index in [0.717, 1.165) is 22.3 Å². The predicted octanol–water partition coefficient (Wildman–Crippen LogP) is 4.58. The van der Waals surface area contributed by atoms with Gasteiger partial charge in [0.2, 0.25) is 5.91 Å². The average Bonchev–Trinajstić information content (AvgIpc) is 3.47. The van der Waals surface area contributed by atoms with Crippen LogP contribution in [-0.4, -0.2) is 41.2 Å². The highest BCUT2D eigenvalue weighted by Gasteiger charge is 2.29. The topological polar surface area (TPSA) is 118 Å². The average molecular weight is 494 g/mol. The first-order valence-electron chi connectivity index (χ1n) is 11.5. The van der Waals surface area contributed by atoms with Crippen LogP contribution in [0.25, 0.3) is 11.1 Å². The minimum atomic E-state index is -1.11. The Morgan fingerprint density at radius 1 is 1.09 bits per heavy atom. The molecule has 2 amide bonds. The van der Waals surface area contributed by atoms with Gasteiger partial charge in [-0.2, -0.15) is 0 Å². The van der Waals surface area contributed by atoms with E-state index >= 15 is 0 Å². The summed E-state index contributed by atoms with van der Waals surface area (Å²) < 4.78 is 5.54. The van der Waals surface area contributed by atoms with Crippen molar-refractivity contribution in [2.45, 2.75) is 32.2 Å². The van der Waals surface area contributed by atoms with Gasteiger partial charge in [-0.05, 0) is 35.6 Å². The van der Waals surface area contributed by atoms with Gasteiger partial charge in [-0.3, -0.25) is 4.79 Å². The zero-order valence-corrected chi connectivity index (χ0v) is 20.3. The lowest BCUT2D eigenvalue weighted by Crippen LogP contribution is -2.39. The monoisotopic (exact) mass is 493 g/mol. The summed E-state index contributed by atoms with van der Waals surface area (Å²) in [5.41, 5.74) is 4.54. The maximum atomic E-state index is 12.7. The molecular weight excluding hydrogens is 466 g/mol. The van der Waals surface area contributed by atoms with Crippen LogP contribution in [0.15, 0.2) is 53.9 Å². The largest absolute Gasteiger partial charge is 0.476 e. The summed E-state index contributed by atoms with van der Waals surface area (Å²) in [6.45, 7) is 3.94. The Labute approximate surface area is 207 Å². The number of carbonyl (C=O) groups is 3. The highest BCUT2D eigenvalue weighted by molar-refractivity contribution is 7.09. The Balaban J connectivity index is 1.30. The van der Waals surface area contributed by atoms with Gasteiger partial charge in [0.05, 0.1) is 12.0 Å². The summed E-state index contributed by atoms with van der Waals surface area (Å²) in [6.07, 6.45) is -0.0577. The number of hydrogen-bond acceptors (Lipinski definition) is 6. The number of amides is 2. The molecule has 0 spiro atoms. The molecular formula is C26H27N3O5S. The van der Waals surface area contributed by atoms with Crippen molar-refractivity contribution in [2.75, 3.05) is 13.2 Å². The van der Waals surface area contributed by atoms with Gasteiger partial charge in [-0.15, -0.1) is 11.3 Å². The van der Waals surface area contributed by atoms with Crippen molar-refractivity contribution in [1.82, 2.24) is 15.6 Å². The summed E-state index contributed by atoms with van der Waals surface area (Å²) in [7, 11) is 0. The standard InChI is InChI=1S/C26H27N3O5S/c1-3-16(23(30)28-15(2)24-29-22(14-35-24)25(31)32)12-27-26(33)34-13-21-19-10-6-4-8-17(19)18-9-5-7-11-20(18)21/h4-11,14-16,21H,3,12-13H2,1-2H3,(H,27,33)(H,28,30)(H,31,32). The van der Waals surface area contributed by atoms with Gasteiger partial charge < -0.3 is 20.5 Å². The van der Waals surface area contributed by atoms with Gasteiger partial charge >= 0.3 is 12.1 Å². The predicted molar refractivity (Wildman–Crippen MR) is 132 cm³/mol. The third-order valence-electron chi connectivity index (χ3n) is 6.17. The Kier molecular flexibility index (Phi) is 7.45. The van der Waals surface area contributed by atoms with Crippen molar-refractivity contribution in [3.63, 3.8) is 0 Å². The van der Waals surface area contributed by atoms with Gasteiger partial charge in [0.25, 0.3) is 0 Å². The number of alkyl carbamates (subject to hydrolysis) is 1. The van der Waals surface area contributed by atoms with E-state index in [1.54, 1.807) is 6.92 Å². The fraction of sp³-hybridized carbons (Fsp3) is 0.308. The normalized spacial score (nSPS) is 13.9. The first kappa shape index (κ1) is 24.4.